The molecule has 1 aliphatic rings. The molecule has 0 radical (unpaired) electrons. The fourth-order valence-electron chi connectivity index (χ4n) is 3.43. The van der Waals surface area contributed by atoms with Crippen LogP contribution in [0, 0.1) is 6.92 Å². The standard InChI is InChI=1S/C22H22N2O4S/c1-16-9-11-18(12-10-16)28-14-13-23(2)21(25)15-24-19-7-3-5-17-6-4-8-20(22(17)19)29(24,26)27/h3-12H,13-15H2,1-2H3. The Balaban J connectivity index is 1.44. The van der Waals surface area contributed by atoms with Crippen LogP contribution in [-0.4, -0.2) is 46.0 Å². The number of benzene rings is 3. The third-order valence-electron chi connectivity index (χ3n) is 5.10. The maximum Gasteiger partial charge on any atom is 0.265 e. The SMILES string of the molecule is Cc1ccc(OCCN(C)C(=O)CN2c3cccc4cccc(c34)S2(=O)=O)cc1. The lowest BCUT2D eigenvalue weighted by molar-refractivity contribution is -0.128. The molecule has 6 nitrogen and oxygen atoms in total. The van der Waals surface area contributed by atoms with Crippen LogP contribution in [0.2, 0.25) is 0 Å². The predicted octanol–water partition coefficient (Wildman–Crippen LogP) is 3.19. The molecular weight excluding hydrogens is 388 g/mol. The molecule has 7 heteroatoms. The first-order valence-electron chi connectivity index (χ1n) is 9.36. The van der Waals surface area contributed by atoms with Crippen LogP contribution in [-0.2, 0) is 14.8 Å². The highest BCUT2D eigenvalue weighted by molar-refractivity contribution is 7.93. The average Bonchev–Trinajstić information content (AvgIpc) is 2.93. The molecule has 150 valence electrons. The quantitative estimate of drug-likeness (QED) is 0.626. The van der Waals surface area contributed by atoms with Crippen molar-refractivity contribution < 1.29 is 17.9 Å². The number of hydrogen-bond donors (Lipinski definition) is 0. The van der Waals surface area contributed by atoms with Crippen LogP contribution in [0.15, 0.2) is 65.6 Å². The van der Waals surface area contributed by atoms with Crippen LogP contribution in [0.25, 0.3) is 10.8 Å². The van der Waals surface area contributed by atoms with Gasteiger partial charge in [0.1, 0.15) is 18.9 Å². The summed E-state index contributed by atoms with van der Waals surface area (Å²) in [5.41, 5.74) is 1.70. The van der Waals surface area contributed by atoms with Crippen LogP contribution in [0.1, 0.15) is 5.56 Å². The normalized spacial score (nSPS) is 14.2. The van der Waals surface area contributed by atoms with Crippen molar-refractivity contribution >= 4 is 32.4 Å². The van der Waals surface area contributed by atoms with Gasteiger partial charge in [-0.1, -0.05) is 42.0 Å². The number of aryl methyl sites for hydroxylation is 1. The molecule has 0 saturated heterocycles. The van der Waals surface area contributed by atoms with Crippen molar-refractivity contribution in [1.29, 1.82) is 0 Å². The monoisotopic (exact) mass is 410 g/mol. The smallest absolute Gasteiger partial charge is 0.265 e. The third-order valence-corrected chi connectivity index (χ3v) is 6.90. The topological polar surface area (TPSA) is 66.9 Å². The molecule has 0 atom stereocenters. The highest BCUT2D eigenvalue weighted by Gasteiger charge is 2.37. The molecule has 4 rings (SSSR count). The lowest BCUT2D eigenvalue weighted by atomic mass is 10.1. The molecule has 0 aliphatic carbocycles. The van der Waals surface area contributed by atoms with Gasteiger partial charge < -0.3 is 9.64 Å². The van der Waals surface area contributed by atoms with Gasteiger partial charge in [-0.05, 0) is 36.6 Å². The van der Waals surface area contributed by atoms with Gasteiger partial charge in [0.2, 0.25) is 5.91 Å². The summed E-state index contributed by atoms with van der Waals surface area (Å²) in [5, 5.41) is 1.52. The van der Waals surface area contributed by atoms with Gasteiger partial charge in [0, 0.05) is 12.4 Å². The zero-order chi connectivity index (χ0) is 20.6. The summed E-state index contributed by atoms with van der Waals surface area (Å²) in [6.45, 7) is 2.45. The molecule has 1 amide bonds. The lowest BCUT2D eigenvalue weighted by Gasteiger charge is -2.23. The van der Waals surface area contributed by atoms with E-state index in [2.05, 4.69) is 0 Å². The molecule has 29 heavy (non-hydrogen) atoms. The minimum Gasteiger partial charge on any atom is -0.492 e. The molecule has 0 fully saturated rings. The maximum absolute atomic E-state index is 13.0. The van der Waals surface area contributed by atoms with Crippen molar-refractivity contribution in [3.63, 3.8) is 0 Å². The van der Waals surface area contributed by atoms with Gasteiger partial charge in [-0.3, -0.25) is 9.10 Å². The Morgan fingerprint density at radius 2 is 1.72 bits per heavy atom. The van der Waals surface area contributed by atoms with Crippen molar-refractivity contribution in [2.45, 2.75) is 11.8 Å². The van der Waals surface area contributed by atoms with Gasteiger partial charge in [-0.25, -0.2) is 8.42 Å². The van der Waals surface area contributed by atoms with E-state index in [1.165, 1.54) is 9.21 Å². The minimum absolute atomic E-state index is 0.239. The van der Waals surface area contributed by atoms with E-state index in [1.807, 2.05) is 43.3 Å². The first-order valence-corrected chi connectivity index (χ1v) is 10.8. The molecule has 0 aromatic heterocycles. The van der Waals surface area contributed by atoms with Crippen LogP contribution < -0.4 is 9.04 Å². The number of likely N-dealkylation sites (N-methyl/N-ethyl adjacent to an activating group) is 1. The number of amides is 1. The van der Waals surface area contributed by atoms with Crippen LogP contribution >= 0.6 is 0 Å². The zero-order valence-corrected chi connectivity index (χ0v) is 17.1. The Hall–Kier alpha value is -3.06. The van der Waals surface area contributed by atoms with Gasteiger partial charge in [0.15, 0.2) is 0 Å². The molecule has 0 unspecified atom stereocenters. The van der Waals surface area contributed by atoms with E-state index in [-0.39, 0.29) is 17.3 Å². The van der Waals surface area contributed by atoms with Gasteiger partial charge in [0.05, 0.1) is 17.1 Å². The number of carbonyl (C=O) groups excluding carboxylic acids is 1. The maximum atomic E-state index is 13.0. The minimum atomic E-state index is -3.74. The van der Waals surface area contributed by atoms with Crippen molar-refractivity contribution in [1.82, 2.24) is 4.90 Å². The summed E-state index contributed by atoms with van der Waals surface area (Å²) in [6, 6.07) is 18.3. The summed E-state index contributed by atoms with van der Waals surface area (Å²) in [7, 11) is -2.09. The number of rotatable bonds is 6. The van der Waals surface area contributed by atoms with Gasteiger partial charge in [-0.2, -0.15) is 0 Å². The Labute approximate surface area is 170 Å². The molecule has 0 N–H and O–H groups in total. The lowest BCUT2D eigenvalue weighted by Crippen LogP contribution is -2.41. The molecule has 3 aromatic carbocycles. The average molecular weight is 410 g/mol. The summed E-state index contributed by atoms with van der Waals surface area (Å²) >= 11 is 0. The second-order valence-corrected chi connectivity index (χ2v) is 8.95. The van der Waals surface area contributed by atoms with Crippen molar-refractivity contribution in [2.24, 2.45) is 0 Å². The first kappa shape index (κ1) is 19.3. The van der Waals surface area contributed by atoms with Crippen molar-refractivity contribution in [3.8, 4) is 5.75 Å². The number of nitrogens with zero attached hydrogens (tertiary/aromatic N) is 2. The highest BCUT2D eigenvalue weighted by atomic mass is 32.2. The van der Waals surface area contributed by atoms with E-state index in [0.717, 1.165) is 16.7 Å². The highest BCUT2D eigenvalue weighted by Crippen LogP contribution is 2.41. The zero-order valence-electron chi connectivity index (χ0n) is 16.3. The van der Waals surface area contributed by atoms with E-state index in [9.17, 15) is 13.2 Å². The molecular formula is C22H22N2O4S. The molecule has 0 spiro atoms. The molecule has 0 bridgehead atoms. The number of sulfonamides is 1. The third kappa shape index (κ3) is 3.53. The second kappa shape index (κ2) is 7.40. The van der Waals surface area contributed by atoms with E-state index in [0.29, 0.717) is 24.2 Å². The number of anilines is 1. The summed E-state index contributed by atoms with van der Waals surface area (Å²) < 4.78 is 32.8. The largest absolute Gasteiger partial charge is 0.492 e. The Morgan fingerprint density at radius 3 is 2.45 bits per heavy atom. The fourth-order valence-corrected chi connectivity index (χ4v) is 5.09. The molecule has 1 heterocycles. The van der Waals surface area contributed by atoms with E-state index >= 15 is 0 Å². The fraction of sp³-hybridized carbons (Fsp3) is 0.227. The van der Waals surface area contributed by atoms with Gasteiger partial charge in [0.25, 0.3) is 10.0 Å². The second-order valence-electron chi connectivity index (χ2n) is 7.12. The van der Waals surface area contributed by atoms with Crippen LogP contribution in [0.5, 0.6) is 5.75 Å². The van der Waals surface area contributed by atoms with E-state index in [4.69, 9.17) is 4.74 Å². The summed E-state index contributed by atoms with van der Waals surface area (Å²) in [5.74, 6) is 0.451. The van der Waals surface area contributed by atoms with E-state index in [1.54, 1.807) is 31.3 Å². The molecule has 3 aromatic rings. The van der Waals surface area contributed by atoms with Crippen molar-refractivity contribution in [3.05, 3.63) is 66.2 Å². The van der Waals surface area contributed by atoms with E-state index < -0.39 is 10.0 Å². The van der Waals surface area contributed by atoms with Gasteiger partial charge >= 0.3 is 0 Å². The van der Waals surface area contributed by atoms with Crippen LogP contribution in [0.3, 0.4) is 0 Å². The molecule has 0 saturated carbocycles. The Morgan fingerprint density at radius 1 is 1.03 bits per heavy atom. The summed E-state index contributed by atoms with van der Waals surface area (Å²) in [4.78, 5) is 14.5. The Kier molecular flexibility index (Phi) is 4.92. The number of carbonyl (C=O) groups is 1. The van der Waals surface area contributed by atoms with Crippen LogP contribution in [0.4, 0.5) is 5.69 Å². The first-order chi connectivity index (χ1) is 13.9. The predicted molar refractivity (Wildman–Crippen MR) is 113 cm³/mol. The summed E-state index contributed by atoms with van der Waals surface area (Å²) in [6.07, 6.45) is 0. The Bertz CT molecular complexity index is 1170. The van der Waals surface area contributed by atoms with Crippen molar-refractivity contribution in [2.75, 3.05) is 31.0 Å². The van der Waals surface area contributed by atoms with Gasteiger partial charge in [-0.15, -0.1) is 0 Å². The number of hydrogen-bond acceptors (Lipinski definition) is 4. The molecule has 1 aliphatic heterocycles. The number of ether oxygens (including phenoxy) is 1.